The molecule has 0 aliphatic carbocycles. The largest absolute Gasteiger partial charge is 0.492 e. The summed E-state index contributed by atoms with van der Waals surface area (Å²) < 4.78 is 5.80. The van der Waals surface area contributed by atoms with Crippen LogP contribution in [0.2, 0.25) is 0 Å². The molecule has 0 atom stereocenters. The van der Waals surface area contributed by atoms with Crippen molar-refractivity contribution in [2.45, 2.75) is 13.8 Å². The molecule has 2 aromatic rings. The quantitative estimate of drug-likeness (QED) is 0.695. The van der Waals surface area contributed by atoms with Crippen molar-refractivity contribution in [2.75, 3.05) is 26.2 Å². The number of aliphatic carboxylic acids is 1. The van der Waals surface area contributed by atoms with Gasteiger partial charge < -0.3 is 14.7 Å². The van der Waals surface area contributed by atoms with Crippen molar-refractivity contribution in [3.05, 3.63) is 52.2 Å². The third-order valence-electron chi connectivity index (χ3n) is 3.76. The van der Waals surface area contributed by atoms with E-state index < -0.39 is 5.97 Å². The minimum Gasteiger partial charge on any atom is -0.492 e. The first-order chi connectivity index (χ1) is 11.6. The monoisotopic (exact) mass is 345 g/mol. The van der Waals surface area contributed by atoms with Crippen LogP contribution < -0.4 is 4.74 Å². The topological polar surface area (TPSA) is 49.8 Å². The fourth-order valence-corrected chi connectivity index (χ4v) is 3.10. The van der Waals surface area contributed by atoms with Gasteiger partial charge in [-0.1, -0.05) is 32.0 Å². The highest BCUT2D eigenvalue weighted by molar-refractivity contribution is 7.11. The lowest BCUT2D eigenvalue weighted by Crippen LogP contribution is -2.27. The van der Waals surface area contributed by atoms with Gasteiger partial charge in [0.25, 0.3) is 0 Å². The van der Waals surface area contributed by atoms with Crippen molar-refractivity contribution in [2.24, 2.45) is 0 Å². The molecule has 0 saturated carbocycles. The van der Waals surface area contributed by atoms with Crippen LogP contribution in [0.3, 0.4) is 0 Å². The Labute approximate surface area is 147 Å². The summed E-state index contributed by atoms with van der Waals surface area (Å²) in [6.07, 6.45) is 1.69. The van der Waals surface area contributed by atoms with Gasteiger partial charge in [-0.25, -0.2) is 4.79 Å². The molecule has 0 radical (unpaired) electrons. The van der Waals surface area contributed by atoms with Crippen LogP contribution in [-0.2, 0) is 4.79 Å². The molecule has 5 heteroatoms. The Morgan fingerprint density at radius 1 is 1.25 bits per heavy atom. The standard InChI is InChI=1S/C19H23NO3S/c1-3-20(4-2)10-11-23-16-8-5-7-15(13-16)14-17(19(21)22)18-9-6-12-24-18/h5-9,12-14H,3-4,10-11H2,1-2H3,(H,21,22)/b17-14-. The Balaban J connectivity index is 2.09. The lowest BCUT2D eigenvalue weighted by atomic mass is 10.1. The normalized spacial score (nSPS) is 11.7. The van der Waals surface area contributed by atoms with E-state index in [1.54, 1.807) is 6.08 Å². The van der Waals surface area contributed by atoms with Gasteiger partial charge in [-0.05, 0) is 48.3 Å². The van der Waals surface area contributed by atoms with Gasteiger partial charge in [0.15, 0.2) is 0 Å². The fourth-order valence-electron chi connectivity index (χ4n) is 2.36. The average molecular weight is 345 g/mol. The first kappa shape index (κ1) is 18.2. The van der Waals surface area contributed by atoms with Gasteiger partial charge in [-0.3, -0.25) is 0 Å². The Morgan fingerprint density at radius 3 is 2.67 bits per heavy atom. The SMILES string of the molecule is CCN(CC)CCOc1cccc(/C=C(\C(=O)O)c2cccs2)c1. The summed E-state index contributed by atoms with van der Waals surface area (Å²) in [7, 11) is 0. The molecule has 1 aromatic carbocycles. The molecule has 0 fully saturated rings. The third kappa shape index (κ3) is 5.22. The van der Waals surface area contributed by atoms with Gasteiger partial charge in [0, 0.05) is 11.4 Å². The molecule has 24 heavy (non-hydrogen) atoms. The molecular weight excluding hydrogens is 322 g/mol. The van der Waals surface area contributed by atoms with E-state index in [2.05, 4.69) is 18.7 Å². The van der Waals surface area contributed by atoms with Gasteiger partial charge in [-0.2, -0.15) is 0 Å². The molecule has 1 N–H and O–H groups in total. The predicted molar refractivity (Wildman–Crippen MR) is 99.6 cm³/mol. The minimum absolute atomic E-state index is 0.297. The molecule has 1 heterocycles. The van der Waals surface area contributed by atoms with E-state index in [-0.39, 0.29) is 0 Å². The molecule has 4 nitrogen and oxygen atoms in total. The number of hydrogen-bond donors (Lipinski definition) is 1. The number of rotatable bonds is 9. The van der Waals surface area contributed by atoms with Crippen LogP contribution in [0.15, 0.2) is 41.8 Å². The molecule has 0 aliphatic heterocycles. The van der Waals surface area contributed by atoms with Gasteiger partial charge in [0.05, 0.1) is 5.57 Å². The molecular formula is C19H23NO3S. The van der Waals surface area contributed by atoms with E-state index in [0.717, 1.165) is 35.8 Å². The van der Waals surface area contributed by atoms with Crippen LogP contribution >= 0.6 is 11.3 Å². The Bertz CT molecular complexity index is 676. The van der Waals surface area contributed by atoms with Gasteiger partial charge in [0.1, 0.15) is 12.4 Å². The van der Waals surface area contributed by atoms with Crippen molar-refractivity contribution < 1.29 is 14.6 Å². The van der Waals surface area contributed by atoms with Gasteiger partial charge in [-0.15, -0.1) is 11.3 Å². The molecule has 0 bridgehead atoms. The maximum Gasteiger partial charge on any atom is 0.337 e. The highest BCUT2D eigenvalue weighted by Gasteiger charge is 2.11. The molecule has 0 spiro atoms. The fraction of sp³-hybridized carbons (Fsp3) is 0.316. The number of thiophene rings is 1. The van der Waals surface area contributed by atoms with Crippen LogP contribution in [-0.4, -0.2) is 42.2 Å². The zero-order valence-corrected chi connectivity index (χ0v) is 14.9. The highest BCUT2D eigenvalue weighted by Crippen LogP contribution is 2.24. The molecule has 0 unspecified atom stereocenters. The maximum atomic E-state index is 11.5. The van der Waals surface area contributed by atoms with E-state index in [1.807, 2.05) is 41.8 Å². The number of carboxylic acid groups (broad SMARTS) is 1. The van der Waals surface area contributed by atoms with Gasteiger partial charge in [0.2, 0.25) is 0 Å². The van der Waals surface area contributed by atoms with E-state index in [0.29, 0.717) is 12.2 Å². The number of ether oxygens (including phenoxy) is 1. The van der Waals surface area contributed by atoms with E-state index >= 15 is 0 Å². The first-order valence-electron chi connectivity index (χ1n) is 8.08. The van der Waals surface area contributed by atoms with Crippen LogP contribution in [0.4, 0.5) is 0 Å². The average Bonchev–Trinajstić information content (AvgIpc) is 3.11. The summed E-state index contributed by atoms with van der Waals surface area (Å²) >= 11 is 1.42. The summed E-state index contributed by atoms with van der Waals surface area (Å²) in [6.45, 7) is 7.77. The predicted octanol–water partition coefficient (Wildman–Crippen LogP) is 4.09. The molecule has 2 rings (SSSR count). The summed E-state index contributed by atoms with van der Waals surface area (Å²) in [5.74, 6) is -0.169. The molecule has 128 valence electrons. The van der Waals surface area contributed by atoms with Crippen LogP contribution in [0.25, 0.3) is 11.6 Å². The number of carbonyl (C=O) groups is 1. The third-order valence-corrected chi connectivity index (χ3v) is 4.66. The molecule has 0 saturated heterocycles. The zero-order valence-electron chi connectivity index (χ0n) is 14.1. The summed E-state index contributed by atoms with van der Waals surface area (Å²) in [6, 6.07) is 11.2. The van der Waals surface area contributed by atoms with Crippen molar-refractivity contribution >= 4 is 29.0 Å². The number of likely N-dealkylation sites (N-methyl/N-ethyl adjacent to an activating group) is 1. The molecule has 0 amide bonds. The summed E-state index contributed by atoms with van der Waals surface area (Å²) in [5, 5.41) is 11.3. The maximum absolute atomic E-state index is 11.5. The Kier molecular flexibility index (Phi) is 7.03. The van der Waals surface area contributed by atoms with Crippen LogP contribution in [0, 0.1) is 0 Å². The van der Waals surface area contributed by atoms with Crippen molar-refractivity contribution in [3.8, 4) is 5.75 Å². The lowest BCUT2D eigenvalue weighted by Gasteiger charge is -2.18. The van der Waals surface area contributed by atoms with E-state index in [1.165, 1.54) is 11.3 Å². The Hall–Kier alpha value is -2.11. The second-order valence-corrected chi connectivity index (χ2v) is 6.24. The molecule has 1 aromatic heterocycles. The minimum atomic E-state index is -0.926. The van der Waals surface area contributed by atoms with E-state index in [9.17, 15) is 9.90 Å². The van der Waals surface area contributed by atoms with Crippen molar-refractivity contribution in [3.63, 3.8) is 0 Å². The smallest absolute Gasteiger partial charge is 0.337 e. The molecule has 0 aliphatic rings. The summed E-state index contributed by atoms with van der Waals surface area (Å²) in [5.41, 5.74) is 1.12. The number of hydrogen-bond acceptors (Lipinski definition) is 4. The lowest BCUT2D eigenvalue weighted by molar-refractivity contribution is -0.130. The number of nitrogens with zero attached hydrogens (tertiary/aromatic N) is 1. The first-order valence-corrected chi connectivity index (χ1v) is 8.96. The Morgan fingerprint density at radius 2 is 2.04 bits per heavy atom. The highest BCUT2D eigenvalue weighted by atomic mass is 32.1. The van der Waals surface area contributed by atoms with Crippen molar-refractivity contribution in [1.29, 1.82) is 0 Å². The zero-order chi connectivity index (χ0) is 17.4. The second-order valence-electron chi connectivity index (χ2n) is 5.29. The van der Waals surface area contributed by atoms with Crippen LogP contribution in [0.5, 0.6) is 5.75 Å². The van der Waals surface area contributed by atoms with Crippen LogP contribution in [0.1, 0.15) is 24.3 Å². The number of benzene rings is 1. The summed E-state index contributed by atoms with van der Waals surface area (Å²) in [4.78, 5) is 14.5. The van der Waals surface area contributed by atoms with Crippen molar-refractivity contribution in [1.82, 2.24) is 4.90 Å². The second kappa shape index (κ2) is 9.25. The van der Waals surface area contributed by atoms with E-state index in [4.69, 9.17) is 4.74 Å². The van der Waals surface area contributed by atoms with Gasteiger partial charge >= 0.3 is 5.97 Å². The number of carboxylic acids is 1.